The van der Waals surface area contributed by atoms with E-state index in [0.717, 1.165) is 11.3 Å². The molecule has 1 aliphatic heterocycles. The van der Waals surface area contributed by atoms with Crippen molar-refractivity contribution in [2.24, 2.45) is 5.16 Å². The fourth-order valence-electron chi connectivity index (χ4n) is 1.94. The van der Waals surface area contributed by atoms with Gasteiger partial charge in [-0.25, -0.2) is 0 Å². The topological polar surface area (TPSA) is 41.8 Å². The molecule has 0 bridgehead atoms. The van der Waals surface area contributed by atoms with Crippen molar-refractivity contribution in [2.75, 3.05) is 6.61 Å². The van der Waals surface area contributed by atoms with Crippen LogP contribution in [0, 0.1) is 13.8 Å². The van der Waals surface area contributed by atoms with Crippen LogP contribution in [0.4, 0.5) is 0 Å². The molecular weight excluding hydrogens is 190 g/mol. The summed E-state index contributed by atoms with van der Waals surface area (Å²) in [4.78, 5) is 5.12. The lowest BCUT2D eigenvalue weighted by atomic mass is 9.96. The minimum absolute atomic E-state index is 0.0257. The maximum atomic E-state index is 8.97. The summed E-state index contributed by atoms with van der Waals surface area (Å²) in [6.07, 6.45) is 0.529. The van der Waals surface area contributed by atoms with Crippen LogP contribution in [0.15, 0.2) is 23.4 Å². The largest absolute Gasteiger partial charge is 0.392 e. The van der Waals surface area contributed by atoms with Crippen LogP contribution in [0.5, 0.6) is 0 Å². The first-order valence-corrected chi connectivity index (χ1v) is 5.12. The highest BCUT2D eigenvalue weighted by molar-refractivity contribution is 6.03. The molecule has 1 atom stereocenters. The molecule has 0 saturated heterocycles. The Balaban J connectivity index is 2.31. The van der Waals surface area contributed by atoms with Gasteiger partial charge in [-0.15, -0.1) is 0 Å². The van der Waals surface area contributed by atoms with E-state index in [9.17, 15) is 0 Å². The molecule has 0 amide bonds. The second-order valence-electron chi connectivity index (χ2n) is 3.92. The molecule has 0 spiro atoms. The maximum absolute atomic E-state index is 8.97. The first-order valence-electron chi connectivity index (χ1n) is 5.12. The van der Waals surface area contributed by atoms with E-state index in [1.165, 1.54) is 11.1 Å². The molecule has 1 aliphatic rings. The van der Waals surface area contributed by atoms with Gasteiger partial charge in [-0.2, -0.15) is 0 Å². The molecule has 15 heavy (non-hydrogen) atoms. The SMILES string of the molecule is Cc1cccc(C)c1C1=NOC(CO)C1. The van der Waals surface area contributed by atoms with Gasteiger partial charge in [0.1, 0.15) is 0 Å². The quantitative estimate of drug-likeness (QED) is 0.799. The lowest BCUT2D eigenvalue weighted by molar-refractivity contribution is 0.0390. The molecule has 2 rings (SSSR count). The van der Waals surface area contributed by atoms with E-state index >= 15 is 0 Å². The molecule has 0 aliphatic carbocycles. The zero-order valence-electron chi connectivity index (χ0n) is 9.03. The van der Waals surface area contributed by atoms with Crippen molar-refractivity contribution >= 4 is 5.71 Å². The molecule has 3 heteroatoms. The summed E-state index contributed by atoms with van der Waals surface area (Å²) in [6, 6.07) is 6.17. The molecular formula is C12H15NO2. The highest BCUT2D eigenvalue weighted by atomic mass is 16.6. The molecule has 0 fully saturated rings. The second kappa shape index (κ2) is 4.03. The fourth-order valence-corrected chi connectivity index (χ4v) is 1.94. The Kier molecular flexibility index (Phi) is 2.73. The van der Waals surface area contributed by atoms with Gasteiger partial charge in [0.15, 0.2) is 6.10 Å². The fraction of sp³-hybridized carbons (Fsp3) is 0.417. The summed E-state index contributed by atoms with van der Waals surface area (Å²) in [5, 5.41) is 13.0. The molecule has 80 valence electrons. The predicted octanol–water partition coefficient (Wildman–Crippen LogP) is 1.79. The summed E-state index contributed by atoms with van der Waals surface area (Å²) in [5.41, 5.74) is 4.52. The van der Waals surface area contributed by atoms with Crippen LogP contribution in [0.2, 0.25) is 0 Å². The third-order valence-corrected chi connectivity index (χ3v) is 2.71. The Hall–Kier alpha value is -1.35. The third kappa shape index (κ3) is 1.88. The van der Waals surface area contributed by atoms with Gasteiger partial charge >= 0.3 is 0 Å². The minimum atomic E-state index is -0.168. The van der Waals surface area contributed by atoms with E-state index in [-0.39, 0.29) is 12.7 Å². The lowest BCUT2D eigenvalue weighted by Crippen LogP contribution is -2.13. The van der Waals surface area contributed by atoms with Gasteiger partial charge < -0.3 is 9.94 Å². The minimum Gasteiger partial charge on any atom is -0.392 e. The second-order valence-corrected chi connectivity index (χ2v) is 3.92. The predicted molar refractivity (Wildman–Crippen MR) is 59.0 cm³/mol. The summed E-state index contributed by atoms with van der Waals surface area (Å²) >= 11 is 0. The molecule has 1 N–H and O–H groups in total. The molecule has 1 heterocycles. The van der Waals surface area contributed by atoms with Crippen LogP contribution in [-0.4, -0.2) is 23.5 Å². The van der Waals surface area contributed by atoms with E-state index < -0.39 is 0 Å². The number of nitrogens with zero attached hydrogens (tertiary/aromatic N) is 1. The van der Waals surface area contributed by atoms with Gasteiger partial charge in [-0.05, 0) is 25.0 Å². The third-order valence-electron chi connectivity index (χ3n) is 2.71. The van der Waals surface area contributed by atoms with Gasteiger partial charge in [0.2, 0.25) is 0 Å². The highest BCUT2D eigenvalue weighted by Crippen LogP contribution is 2.21. The number of oxime groups is 1. The number of hydrogen-bond donors (Lipinski definition) is 1. The zero-order chi connectivity index (χ0) is 10.8. The van der Waals surface area contributed by atoms with Gasteiger partial charge in [-0.1, -0.05) is 23.4 Å². The average molecular weight is 205 g/mol. The molecule has 1 aromatic rings. The maximum Gasteiger partial charge on any atom is 0.156 e. The number of rotatable bonds is 2. The normalized spacial score (nSPS) is 19.9. The Morgan fingerprint density at radius 1 is 1.40 bits per heavy atom. The Labute approximate surface area is 89.4 Å². The van der Waals surface area contributed by atoms with Crippen molar-refractivity contribution in [1.82, 2.24) is 0 Å². The van der Waals surface area contributed by atoms with Crippen LogP contribution >= 0.6 is 0 Å². The molecule has 0 saturated carbocycles. The smallest absolute Gasteiger partial charge is 0.156 e. The van der Waals surface area contributed by atoms with Crippen molar-refractivity contribution < 1.29 is 9.94 Å². The Bertz CT molecular complexity index is 378. The summed E-state index contributed by atoms with van der Waals surface area (Å²) < 4.78 is 0. The van der Waals surface area contributed by atoms with Crippen molar-refractivity contribution in [2.45, 2.75) is 26.4 Å². The standard InChI is InChI=1S/C12H15NO2/c1-8-4-3-5-9(2)12(8)11-6-10(7-14)15-13-11/h3-5,10,14H,6-7H2,1-2H3. The van der Waals surface area contributed by atoms with Gasteiger partial charge in [0.25, 0.3) is 0 Å². The van der Waals surface area contributed by atoms with E-state index in [1.807, 2.05) is 6.07 Å². The summed E-state index contributed by atoms with van der Waals surface area (Å²) in [5.74, 6) is 0. The lowest BCUT2D eigenvalue weighted by Gasteiger charge is -2.08. The van der Waals surface area contributed by atoms with Crippen LogP contribution in [0.25, 0.3) is 0 Å². The van der Waals surface area contributed by atoms with Crippen molar-refractivity contribution in [3.63, 3.8) is 0 Å². The van der Waals surface area contributed by atoms with Gasteiger partial charge in [0.05, 0.1) is 12.3 Å². The van der Waals surface area contributed by atoms with E-state index in [2.05, 4.69) is 31.1 Å². The van der Waals surface area contributed by atoms with Gasteiger partial charge in [0, 0.05) is 12.0 Å². The van der Waals surface area contributed by atoms with E-state index in [4.69, 9.17) is 9.94 Å². The number of aliphatic hydroxyl groups excluding tert-OH is 1. The molecule has 0 aromatic heterocycles. The summed E-state index contributed by atoms with van der Waals surface area (Å²) in [6.45, 7) is 4.16. The Morgan fingerprint density at radius 3 is 2.60 bits per heavy atom. The first-order chi connectivity index (χ1) is 7.22. The number of hydrogen-bond acceptors (Lipinski definition) is 3. The van der Waals surface area contributed by atoms with Crippen LogP contribution in [0.3, 0.4) is 0 Å². The number of benzene rings is 1. The number of aliphatic hydroxyl groups is 1. The zero-order valence-corrected chi connectivity index (χ0v) is 9.03. The summed E-state index contributed by atoms with van der Waals surface area (Å²) in [7, 11) is 0. The van der Waals surface area contributed by atoms with Crippen LogP contribution in [0.1, 0.15) is 23.1 Å². The van der Waals surface area contributed by atoms with Crippen LogP contribution in [-0.2, 0) is 4.84 Å². The van der Waals surface area contributed by atoms with E-state index in [1.54, 1.807) is 0 Å². The van der Waals surface area contributed by atoms with Crippen molar-refractivity contribution in [1.29, 1.82) is 0 Å². The molecule has 3 nitrogen and oxygen atoms in total. The van der Waals surface area contributed by atoms with Crippen molar-refractivity contribution in [3.05, 3.63) is 34.9 Å². The Morgan fingerprint density at radius 2 is 2.07 bits per heavy atom. The van der Waals surface area contributed by atoms with Gasteiger partial charge in [-0.3, -0.25) is 0 Å². The highest BCUT2D eigenvalue weighted by Gasteiger charge is 2.23. The monoisotopic (exact) mass is 205 g/mol. The number of aryl methyl sites for hydroxylation is 2. The molecule has 1 unspecified atom stereocenters. The molecule has 1 aromatic carbocycles. The van der Waals surface area contributed by atoms with E-state index in [0.29, 0.717) is 6.42 Å². The molecule has 0 radical (unpaired) electrons. The average Bonchev–Trinajstić information content (AvgIpc) is 2.66. The van der Waals surface area contributed by atoms with Crippen molar-refractivity contribution in [3.8, 4) is 0 Å². The first kappa shape index (κ1) is 10.2. The van der Waals surface area contributed by atoms with Crippen LogP contribution < -0.4 is 0 Å².